The lowest BCUT2D eigenvalue weighted by molar-refractivity contribution is 0.482. The van der Waals surface area contributed by atoms with Gasteiger partial charge in [-0.15, -0.1) is 11.3 Å². The Bertz CT molecular complexity index is 1440. The molecule has 1 aliphatic carbocycles. The van der Waals surface area contributed by atoms with Crippen LogP contribution in [-0.2, 0) is 6.54 Å². The molecule has 0 bridgehead atoms. The lowest BCUT2D eigenvalue weighted by Gasteiger charge is -2.15. The molecule has 0 radical (unpaired) electrons. The summed E-state index contributed by atoms with van der Waals surface area (Å²) >= 11 is 1.28. The van der Waals surface area contributed by atoms with Crippen molar-refractivity contribution < 1.29 is 9.50 Å². The maximum absolute atomic E-state index is 14.0. The predicted molar refractivity (Wildman–Crippen MR) is 126 cm³/mol. The van der Waals surface area contributed by atoms with Gasteiger partial charge < -0.3 is 15.9 Å². The molecule has 0 atom stereocenters. The maximum Gasteiger partial charge on any atom is 0.263 e. The SMILES string of the molecule is N=C/C=N\NCCn1c(-c2ccc(F)cc2C2CC2)nc2sc3c(O)cccc3c2c1=O. The van der Waals surface area contributed by atoms with Crippen LogP contribution in [0.4, 0.5) is 4.39 Å². The van der Waals surface area contributed by atoms with Crippen molar-refractivity contribution in [3.05, 3.63) is 58.1 Å². The van der Waals surface area contributed by atoms with Crippen LogP contribution in [0, 0.1) is 11.2 Å². The van der Waals surface area contributed by atoms with Gasteiger partial charge in [0.1, 0.15) is 22.2 Å². The Morgan fingerprint density at radius 3 is 2.97 bits per heavy atom. The summed E-state index contributed by atoms with van der Waals surface area (Å²) in [6.45, 7) is 0.627. The van der Waals surface area contributed by atoms with Crippen LogP contribution in [-0.4, -0.2) is 33.6 Å². The van der Waals surface area contributed by atoms with Crippen molar-refractivity contribution in [2.45, 2.75) is 25.3 Å². The third kappa shape index (κ3) is 3.54. The van der Waals surface area contributed by atoms with Gasteiger partial charge in [-0.3, -0.25) is 9.36 Å². The minimum atomic E-state index is -0.306. The number of hydrogen-bond donors (Lipinski definition) is 3. The van der Waals surface area contributed by atoms with Gasteiger partial charge in [0.15, 0.2) is 0 Å². The molecule has 7 nitrogen and oxygen atoms in total. The van der Waals surface area contributed by atoms with E-state index in [0.29, 0.717) is 32.7 Å². The molecule has 2 heterocycles. The summed E-state index contributed by atoms with van der Waals surface area (Å²) in [5.74, 6) is 0.554. The molecule has 162 valence electrons. The van der Waals surface area contributed by atoms with Gasteiger partial charge in [0.05, 0.1) is 22.8 Å². The summed E-state index contributed by atoms with van der Waals surface area (Å²) in [4.78, 5) is 19.1. The van der Waals surface area contributed by atoms with Crippen LogP contribution in [0.3, 0.4) is 0 Å². The molecule has 4 aromatic rings. The molecule has 2 aromatic carbocycles. The van der Waals surface area contributed by atoms with Crippen LogP contribution in [0.2, 0.25) is 0 Å². The second-order valence-electron chi connectivity index (χ2n) is 7.69. The van der Waals surface area contributed by atoms with Crippen LogP contribution in [0.5, 0.6) is 5.75 Å². The quantitative estimate of drug-likeness (QED) is 0.223. The zero-order valence-corrected chi connectivity index (χ0v) is 17.8. The normalized spacial score (nSPS) is 13.9. The number of rotatable bonds is 7. The number of aromatic hydroxyl groups is 1. The molecule has 1 aliphatic rings. The van der Waals surface area contributed by atoms with Gasteiger partial charge >= 0.3 is 0 Å². The Hall–Kier alpha value is -3.59. The van der Waals surface area contributed by atoms with Crippen molar-refractivity contribution >= 4 is 44.1 Å². The molecular formula is C23H20FN5O2S. The van der Waals surface area contributed by atoms with E-state index in [1.54, 1.807) is 28.8 Å². The number of thiophene rings is 1. The van der Waals surface area contributed by atoms with Crippen molar-refractivity contribution in [1.29, 1.82) is 5.41 Å². The largest absolute Gasteiger partial charge is 0.506 e. The van der Waals surface area contributed by atoms with Crippen LogP contribution in [0.1, 0.15) is 24.3 Å². The third-order valence-corrected chi connectivity index (χ3v) is 6.68. The molecule has 1 saturated carbocycles. The van der Waals surface area contributed by atoms with Gasteiger partial charge in [0.2, 0.25) is 0 Å². The van der Waals surface area contributed by atoms with Crippen molar-refractivity contribution in [1.82, 2.24) is 15.0 Å². The van der Waals surface area contributed by atoms with E-state index in [-0.39, 0.29) is 29.6 Å². The molecule has 3 N–H and O–H groups in total. The van der Waals surface area contributed by atoms with E-state index in [1.165, 1.54) is 29.7 Å². The minimum absolute atomic E-state index is 0.112. The summed E-state index contributed by atoms with van der Waals surface area (Å²) in [7, 11) is 0. The van der Waals surface area contributed by atoms with Crippen molar-refractivity contribution in [2.75, 3.05) is 6.54 Å². The van der Waals surface area contributed by atoms with E-state index in [9.17, 15) is 14.3 Å². The Labute approximate surface area is 186 Å². The number of halogens is 1. The van der Waals surface area contributed by atoms with Crippen LogP contribution in [0.25, 0.3) is 31.7 Å². The fourth-order valence-electron chi connectivity index (χ4n) is 3.96. The Morgan fingerprint density at radius 2 is 2.19 bits per heavy atom. The first-order valence-corrected chi connectivity index (χ1v) is 11.1. The first-order chi connectivity index (χ1) is 15.6. The molecule has 32 heavy (non-hydrogen) atoms. The van der Waals surface area contributed by atoms with Crippen molar-refractivity contribution in [2.24, 2.45) is 5.10 Å². The zero-order chi connectivity index (χ0) is 22.2. The van der Waals surface area contributed by atoms with E-state index in [4.69, 9.17) is 10.4 Å². The van der Waals surface area contributed by atoms with Crippen LogP contribution < -0.4 is 11.0 Å². The number of nitrogens with one attached hydrogen (secondary N) is 2. The Balaban J connectivity index is 1.74. The molecule has 0 amide bonds. The second-order valence-corrected chi connectivity index (χ2v) is 8.69. The standard InChI is InChI=1S/C23H20FN5O2S/c24-14-6-7-15(17(12-14)13-4-5-13)21-28-22-19(16-2-1-3-18(30)20(16)32-22)23(31)29(21)11-10-27-26-9-8-25/h1-3,6-9,12-13,25,27,30H,4-5,10-11H2/b25-8?,26-9-. The number of phenolic OH excluding ortho intramolecular Hbond substituents is 1. The zero-order valence-electron chi connectivity index (χ0n) is 17.0. The third-order valence-electron chi connectivity index (χ3n) is 5.56. The number of nitrogens with zero attached hydrogens (tertiary/aromatic N) is 3. The van der Waals surface area contributed by atoms with Gasteiger partial charge in [-0.2, -0.15) is 5.10 Å². The average Bonchev–Trinajstić information content (AvgIpc) is 3.55. The summed E-state index contributed by atoms with van der Waals surface area (Å²) < 4.78 is 16.2. The second kappa shape index (κ2) is 8.16. The molecule has 0 spiro atoms. The summed E-state index contributed by atoms with van der Waals surface area (Å²) in [6, 6.07) is 9.73. The molecular weight excluding hydrogens is 429 g/mol. The average molecular weight is 450 g/mol. The first-order valence-electron chi connectivity index (χ1n) is 10.3. The lowest BCUT2D eigenvalue weighted by Crippen LogP contribution is -2.27. The highest BCUT2D eigenvalue weighted by molar-refractivity contribution is 7.25. The number of aromatic nitrogens is 2. The number of benzene rings is 2. The highest BCUT2D eigenvalue weighted by Gasteiger charge is 2.29. The molecule has 1 fully saturated rings. The summed E-state index contributed by atoms with van der Waals surface area (Å²) in [6.07, 6.45) is 4.34. The first kappa shape index (κ1) is 20.3. The minimum Gasteiger partial charge on any atom is -0.506 e. The smallest absolute Gasteiger partial charge is 0.263 e. The summed E-state index contributed by atoms with van der Waals surface area (Å²) in [5.41, 5.74) is 4.22. The van der Waals surface area contributed by atoms with Gasteiger partial charge in [0.25, 0.3) is 5.56 Å². The highest BCUT2D eigenvalue weighted by Crippen LogP contribution is 2.45. The Morgan fingerprint density at radius 1 is 1.34 bits per heavy atom. The number of phenols is 1. The molecule has 5 rings (SSSR count). The molecule has 0 saturated heterocycles. The van der Waals surface area contributed by atoms with Gasteiger partial charge in [0, 0.05) is 23.7 Å². The monoisotopic (exact) mass is 449 g/mol. The number of hydrogen-bond acceptors (Lipinski definition) is 7. The summed E-state index contributed by atoms with van der Waals surface area (Å²) in [5, 5.41) is 22.3. The van der Waals surface area contributed by atoms with Gasteiger partial charge in [-0.05, 0) is 48.6 Å². The fourth-order valence-corrected chi connectivity index (χ4v) is 5.04. The number of fused-ring (bicyclic) bond motifs is 3. The molecule has 0 aliphatic heterocycles. The van der Waals surface area contributed by atoms with E-state index < -0.39 is 0 Å². The molecule has 9 heteroatoms. The molecule has 0 unspecified atom stereocenters. The van der Waals surface area contributed by atoms with E-state index in [1.807, 2.05) is 0 Å². The van der Waals surface area contributed by atoms with Crippen molar-refractivity contribution in [3.63, 3.8) is 0 Å². The van der Waals surface area contributed by atoms with Crippen molar-refractivity contribution in [3.8, 4) is 17.1 Å². The Kier molecular flexibility index (Phi) is 5.18. The van der Waals surface area contributed by atoms with Crippen LogP contribution >= 0.6 is 11.3 Å². The molecule has 2 aromatic heterocycles. The van der Waals surface area contributed by atoms with E-state index >= 15 is 0 Å². The van der Waals surface area contributed by atoms with E-state index in [0.717, 1.165) is 30.2 Å². The van der Waals surface area contributed by atoms with E-state index in [2.05, 4.69) is 10.5 Å². The maximum atomic E-state index is 14.0. The van der Waals surface area contributed by atoms with Crippen LogP contribution in [0.15, 0.2) is 46.3 Å². The van der Waals surface area contributed by atoms with Gasteiger partial charge in [-0.1, -0.05) is 12.1 Å². The van der Waals surface area contributed by atoms with Gasteiger partial charge in [-0.25, -0.2) is 9.37 Å². The lowest BCUT2D eigenvalue weighted by atomic mass is 10.0. The predicted octanol–water partition coefficient (Wildman–Crippen LogP) is 4.23. The fraction of sp³-hybridized carbons (Fsp3) is 0.217. The highest BCUT2D eigenvalue weighted by atomic mass is 32.1. The number of hydrazone groups is 1. The topological polar surface area (TPSA) is 103 Å².